The minimum absolute atomic E-state index is 1.11. The van der Waals surface area contributed by atoms with Crippen LogP contribution < -0.4 is 0 Å². The molecule has 0 amide bonds. The Morgan fingerprint density at radius 3 is 2.20 bits per heavy atom. The van der Waals surface area contributed by atoms with Gasteiger partial charge in [0.15, 0.2) is 5.50 Å². The van der Waals surface area contributed by atoms with E-state index in [4.69, 9.17) is 0 Å². The number of thiol groups is 1. The number of hydrogen-bond acceptors (Lipinski definition) is 1. The van der Waals surface area contributed by atoms with Crippen molar-refractivity contribution in [1.29, 1.82) is 0 Å². The molecule has 0 aromatic rings. The molecule has 0 aliphatic rings. The van der Waals surface area contributed by atoms with Crippen LogP contribution in [0.4, 0.5) is 4.39 Å². The molecular weight excluding hydrogens is 87.1 g/mol. The van der Waals surface area contributed by atoms with Gasteiger partial charge in [0.05, 0.1) is 0 Å². The van der Waals surface area contributed by atoms with E-state index in [1.165, 1.54) is 0 Å². The minimum Gasteiger partial charge on any atom is -0.231 e. The molecule has 0 aliphatic heterocycles. The third-order valence-electron chi connectivity index (χ3n) is 0.194. The molecule has 30 valence electrons. The standard InChI is InChI=1S/C3H5FS/c1-2-3(4)5/h2-3,5H,1H2. The van der Waals surface area contributed by atoms with Crippen LogP contribution in [0, 0.1) is 0 Å². The maximum absolute atomic E-state index is 11.2. The number of halogens is 1. The van der Waals surface area contributed by atoms with E-state index in [-0.39, 0.29) is 0 Å². The highest BCUT2D eigenvalue weighted by Gasteiger charge is 1.80. The Morgan fingerprint density at radius 2 is 2.20 bits per heavy atom. The predicted molar refractivity (Wildman–Crippen MR) is 24.1 cm³/mol. The zero-order chi connectivity index (χ0) is 4.28. The molecule has 0 aliphatic carbocycles. The van der Waals surface area contributed by atoms with Crippen molar-refractivity contribution >= 4 is 12.6 Å². The van der Waals surface area contributed by atoms with Crippen LogP contribution in [-0.4, -0.2) is 5.50 Å². The van der Waals surface area contributed by atoms with Gasteiger partial charge in [0.2, 0.25) is 0 Å². The first-order valence-electron chi connectivity index (χ1n) is 1.22. The van der Waals surface area contributed by atoms with E-state index in [0.29, 0.717) is 0 Å². The number of hydrogen-bond donors (Lipinski definition) is 1. The van der Waals surface area contributed by atoms with Crippen molar-refractivity contribution in [3.05, 3.63) is 12.7 Å². The summed E-state index contributed by atoms with van der Waals surface area (Å²) >= 11 is 3.31. The van der Waals surface area contributed by atoms with Crippen LogP contribution >= 0.6 is 12.6 Å². The lowest BCUT2D eigenvalue weighted by Gasteiger charge is -1.78. The van der Waals surface area contributed by atoms with E-state index >= 15 is 0 Å². The summed E-state index contributed by atoms with van der Waals surface area (Å²) in [7, 11) is 0. The van der Waals surface area contributed by atoms with Gasteiger partial charge < -0.3 is 0 Å². The fraction of sp³-hybridized carbons (Fsp3) is 0.333. The topological polar surface area (TPSA) is 0 Å². The maximum Gasteiger partial charge on any atom is 0.161 e. The molecular formula is C3H5FS. The van der Waals surface area contributed by atoms with Gasteiger partial charge in [-0.05, 0) is 6.08 Å². The van der Waals surface area contributed by atoms with Crippen LogP contribution in [0.3, 0.4) is 0 Å². The highest BCUT2D eigenvalue weighted by Crippen LogP contribution is 1.92. The molecule has 2 heteroatoms. The summed E-state index contributed by atoms with van der Waals surface area (Å²) in [5.41, 5.74) is -1.16. The van der Waals surface area contributed by atoms with Crippen LogP contribution in [0.25, 0.3) is 0 Å². The molecule has 0 saturated carbocycles. The molecule has 0 fully saturated rings. The zero-order valence-corrected chi connectivity index (χ0v) is 3.58. The summed E-state index contributed by atoms with van der Waals surface area (Å²) in [5.74, 6) is 0. The molecule has 0 heterocycles. The van der Waals surface area contributed by atoms with Gasteiger partial charge >= 0.3 is 0 Å². The maximum atomic E-state index is 11.2. The summed E-state index contributed by atoms with van der Waals surface area (Å²) in [6.45, 7) is 3.11. The lowest BCUT2D eigenvalue weighted by atomic mass is 10.7. The average molecular weight is 92.1 g/mol. The molecule has 5 heavy (non-hydrogen) atoms. The van der Waals surface area contributed by atoms with Crippen LogP contribution in [0.15, 0.2) is 12.7 Å². The van der Waals surface area contributed by atoms with Crippen molar-refractivity contribution < 1.29 is 4.39 Å². The van der Waals surface area contributed by atoms with Crippen molar-refractivity contribution in [1.82, 2.24) is 0 Å². The zero-order valence-electron chi connectivity index (χ0n) is 2.69. The third kappa shape index (κ3) is 4.02. The summed E-state index contributed by atoms with van der Waals surface area (Å²) in [4.78, 5) is 0. The normalized spacial score (nSPS) is 14.0. The Labute approximate surface area is 36.1 Å². The molecule has 0 aromatic carbocycles. The van der Waals surface area contributed by atoms with Gasteiger partial charge in [-0.2, -0.15) is 0 Å². The molecule has 0 saturated heterocycles. The van der Waals surface area contributed by atoms with Crippen molar-refractivity contribution in [2.45, 2.75) is 5.50 Å². The molecule has 0 N–H and O–H groups in total. The van der Waals surface area contributed by atoms with Crippen LogP contribution in [0.5, 0.6) is 0 Å². The quantitative estimate of drug-likeness (QED) is 0.367. The first kappa shape index (κ1) is 5.02. The average Bonchev–Trinajstić information content (AvgIpc) is 1.38. The molecule has 1 unspecified atom stereocenters. The Balaban J connectivity index is 2.83. The molecule has 0 nitrogen and oxygen atoms in total. The Bertz CT molecular complexity index is 33.9. The monoisotopic (exact) mass is 92.0 g/mol. The molecule has 0 aromatic heterocycles. The first-order chi connectivity index (χ1) is 2.27. The lowest BCUT2D eigenvalue weighted by molar-refractivity contribution is 0.524. The number of rotatable bonds is 1. The van der Waals surface area contributed by atoms with E-state index in [1.807, 2.05) is 0 Å². The summed E-state index contributed by atoms with van der Waals surface area (Å²) in [5, 5.41) is 0. The van der Waals surface area contributed by atoms with Crippen molar-refractivity contribution in [3.63, 3.8) is 0 Å². The smallest absolute Gasteiger partial charge is 0.161 e. The third-order valence-corrected chi connectivity index (χ3v) is 0.405. The Morgan fingerprint density at radius 1 is 2.00 bits per heavy atom. The van der Waals surface area contributed by atoms with Crippen LogP contribution in [-0.2, 0) is 0 Å². The van der Waals surface area contributed by atoms with Gasteiger partial charge in [0, 0.05) is 0 Å². The Kier molecular flexibility index (Phi) is 2.28. The van der Waals surface area contributed by atoms with E-state index in [1.54, 1.807) is 0 Å². The van der Waals surface area contributed by atoms with E-state index in [0.717, 1.165) is 6.08 Å². The van der Waals surface area contributed by atoms with Crippen LogP contribution in [0.2, 0.25) is 0 Å². The first-order valence-corrected chi connectivity index (χ1v) is 1.73. The SMILES string of the molecule is C=CC(F)S. The molecule has 0 radical (unpaired) electrons. The van der Waals surface area contributed by atoms with E-state index in [2.05, 4.69) is 19.2 Å². The van der Waals surface area contributed by atoms with Gasteiger partial charge in [-0.3, -0.25) is 0 Å². The van der Waals surface area contributed by atoms with Crippen LogP contribution in [0.1, 0.15) is 0 Å². The summed E-state index contributed by atoms with van der Waals surface area (Å²) in [6, 6.07) is 0. The van der Waals surface area contributed by atoms with Crippen molar-refractivity contribution in [2.75, 3.05) is 0 Å². The second kappa shape index (κ2) is 2.27. The van der Waals surface area contributed by atoms with Gasteiger partial charge in [-0.15, -0.1) is 12.6 Å². The van der Waals surface area contributed by atoms with E-state index in [9.17, 15) is 4.39 Å². The lowest BCUT2D eigenvalue weighted by Crippen LogP contribution is -1.72. The highest BCUT2D eigenvalue weighted by atomic mass is 32.1. The second-order valence-electron chi connectivity index (χ2n) is 0.608. The Hall–Kier alpha value is 0.0200. The van der Waals surface area contributed by atoms with Crippen molar-refractivity contribution in [3.8, 4) is 0 Å². The fourth-order valence-electron chi connectivity index (χ4n) is 0. The summed E-state index contributed by atoms with van der Waals surface area (Å²) in [6.07, 6.45) is 1.11. The van der Waals surface area contributed by atoms with Crippen molar-refractivity contribution in [2.24, 2.45) is 0 Å². The van der Waals surface area contributed by atoms with Gasteiger partial charge in [-0.25, -0.2) is 4.39 Å². The molecule has 0 bridgehead atoms. The molecule has 1 atom stereocenters. The van der Waals surface area contributed by atoms with Gasteiger partial charge in [0.25, 0.3) is 0 Å². The summed E-state index contributed by atoms with van der Waals surface area (Å²) < 4.78 is 11.2. The predicted octanol–water partition coefficient (Wildman–Crippen LogP) is 1.40. The van der Waals surface area contributed by atoms with E-state index < -0.39 is 5.50 Å². The highest BCUT2D eigenvalue weighted by molar-refractivity contribution is 7.80. The molecule has 0 rings (SSSR count). The van der Waals surface area contributed by atoms with Gasteiger partial charge in [0.1, 0.15) is 0 Å². The van der Waals surface area contributed by atoms with Gasteiger partial charge in [-0.1, -0.05) is 6.58 Å². The molecule has 0 spiro atoms. The minimum atomic E-state index is -1.16. The second-order valence-corrected chi connectivity index (χ2v) is 1.10. The number of alkyl halides is 1. The largest absolute Gasteiger partial charge is 0.231 e. The fourth-order valence-corrected chi connectivity index (χ4v) is 0.